The van der Waals surface area contributed by atoms with E-state index in [0.29, 0.717) is 6.67 Å². The number of hydrogen-bond donors (Lipinski definition) is 2. The molecule has 0 radical (unpaired) electrons. The molecule has 0 aromatic carbocycles. The Balaban J connectivity index is 0.000000112. The molecular weight excluding hydrogens is 194 g/mol. The maximum Gasteiger partial charge on any atom is 0.129 e. The van der Waals surface area contributed by atoms with Gasteiger partial charge in [0.1, 0.15) is 6.67 Å². The van der Waals surface area contributed by atoms with Gasteiger partial charge in [0.2, 0.25) is 0 Å². The van der Waals surface area contributed by atoms with Gasteiger partial charge in [-0.25, -0.2) is 4.98 Å². The van der Waals surface area contributed by atoms with Crippen LogP contribution in [0.15, 0.2) is 41.1 Å². The van der Waals surface area contributed by atoms with Gasteiger partial charge in [0.25, 0.3) is 0 Å². The predicted octanol–water partition coefficient (Wildman–Crippen LogP) is 0.313. The fraction of sp³-hybridized carbons (Fsp3) is 0.125. The Morgan fingerprint density at radius 1 is 1.00 bits per heavy atom. The summed E-state index contributed by atoms with van der Waals surface area (Å²) in [6.45, 7) is 0.639. The summed E-state index contributed by atoms with van der Waals surface area (Å²) < 4.78 is 0. The highest BCUT2D eigenvalue weighted by Gasteiger charge is 1.72. The second-order valence-electron chi connectivity index (χ2n) is 2.23. The van der Waals surface area contributed by atoms with Crippen molar-refractivity contribution in [2.75, 3.05) is 6.67 Å². The van der Waals surface area contributed by atoms with Gasteiger partial charge >= 0.3 is 0 Å². The SMILES string of the molecule is C1=NCN=C1.c1c[nH]cn1.c1c[nH]nn1. The minimum atomic E-state index is 0.639. The average Bonchev–Trinajstić information content (AvgIpc) is 3.09. The van der Waals surface area contributed by atoms with E-state index >= 15 is 0 Å². The van der Waals surface area contributed by atoms with Crippen molar-refractivity contribution in [3.63, 3.8) is 0 Å². The summed E-state index contributed by atoms with van der Waals surface area (Å²) in [6.07, 6.45) is 11.7. The molecule has 0 spiro atoms. The van der Waals surface area contributed by atoms with E-state index in [2.05, 4.69) is 35.4 Å². The molecule has 0 atom stereocenters. The van der Waals surface area contributed by atoms with Crippen LogP contribution in [-0.4, -0.2) is 44.5 Å². The first-order chi connectivity index (χ1) is 7.50. The minimum absolute atomic E-state index is 0.639. The van der Waals surface area contributed by atoms with E-state index < -0.39 is 0 Å². The maximum absolute atomic E-state index is 3.74. The Kier molecular flexibility index (Phi) is 5.96. The normalized spacial score (nSPS) is 11.2. The summed E-state index contributed by atoms with van der Waals surface area (Å²) in [4.78, 5) is 13.9. The lowest BCUT2D eigenvalue weighted by Crippen LogP contribution is -1.61. The van der Waals surface area contributed by atoms with E-state index in [9.17, 15) is 0 Å². The van der Waals surface area contributed by atoms with E-state index in [-0.39, 0.29) is 0 Å². The third-order valence-electron chi connectivity index (χ3n) is 1.18. The Labute approximate surface area is 86.4 Å². The van der Waals surface area contributed by atoms with Crippen molar-refractivity contribution >= 4 is 12.4 Å². The lowest BCUT2D eigenvalue weighted by Gasteiger charge is -1.61. The number of aliphatic imine (C=N–C) groups is 2. The van der Waals surface area contributed by atoms with Gasteiger partial charge in [-0.15, -0.1) is 5.10 Å². The van der Waals surface area contributed by atoms with E-state index in [1.54, 1.807) is 43.5 Å². The molecule has 1 aliphatic rings. The van der Waals surface area contributed by atoms with E-state index in [1.165, 1.54) is 0 Å². The van der Waals surface area contributed by atoms with Crippen molar-refractivity contribution in [2.45, 2.75) is 0 Å². The van der Waals surface area contributed by atoms with E-state index in [1.807, 2.05) is 0 Å². The molecule has 7 nitrogen and oxygen atoms in total. The molecule has 3 heterocycles. The standard InChI is InChI=1S/2C3H4N2.C2H3N3/c2*1-2-5-3-4-1;1-2-4-5-3-1/h1-2H,3H2;1-3H,(H,4,5);1-2H,(H,3,4,5). The molecule has 2 aromatic heterocycles. The zero-order valence-corrected chi connectivity index (χ0v) is 7.98. The third kappa shape index (κ3) is 6.82. The van der Waals surface area contributed by atoms with Crippen LogP contribution in [0.4, 0.5) is 0 Å². The molecular formula is C8H11N7. The molecule has 0 saturated heterocycles. The number of hydrogen-bond acceptors (Lipinski definition) is 5. The first-order valence-corrected chi connectivity index (χ1v) is 4.21. The average molecular weight is 205 g/mol. The van der Waals surface area contributed by atoms with Crippen molar-refractivity contribution in [2.24, 2.45) is 9.98 Å². The fourth-order valence-electron chi connectivity index (χ4n) is 0.618. The second-order valence-corrected chi connectivity index (χ2v) is 2.23. The van der Waals surface area contributed by atoms with Crippen molar-refractivity contribution < 1.29 is 0 Å². The molecule has 2 N–H and O–H groups in total. The van der Waals surface area contributed by atoms with Crippen molar-refractivity contribution in [1.82, 2.24) is 25.4 Å². The van der Waals surface area contributed by atoms with Gasteiger partial charge < -0.3 is 4.98 Å². The largest absolute Gasteiger partial charge is 0.351 e. The molecule has 78 valence electrons. The van der Waals surface area contributed by atoms with Gasteiger partial charge in [-0.1, -0.05) is 5.21 Å². The topological polar surface area (TPSA) is 95.0 Å². The Bertz CT molecular complexity index is 278. The quantitative estimate of drug-likeness (QED) is 0.648. The Hall–Kier alpha value is -2.31. The summed E-state index contributed by atoms with van der Waals surface area (Å²) >= 11 is 0. The number of H-pyrrole nitrogens is 2. The number of aromatic nitrogens is 5. The molecule has 2 aromatic rings. The smallest absolute Gasteiger partial charge is 0.129 e. The third-order valence-corrected chi connectivity index (χ3v) is 1.18. The van der Waals surface area contributed by atoms with Crippen LogP contribution < -0.4 is 0 Å². The van der Waals surface area contributed by atoms with E-state index in [4.69, 9.17) is 0 Å². The summed E-state index contributed by atoms with van der Waals surface area (Å²) in [7, 11) is 0. The highest BCUT2D eigenvalue weighted by atomic mass is 15.3. The molecule has 0 saturated carbocycles. The molecule has 7 heteroatoms. The molecule has 15 heavy (non-hydrogen) atoms. The maximum atomic E-state index is 3.74. The molecule has 0 aliphatic carbocycles. The lowest BCUT2D eigenvalue weighted by molar-refractivity contribution is 0.940. The fourth-order valence-corrected chi connectivity index (χ4v) is 0.618. The highest BCUT2D eigenvalue weighted by Crippen LogP contribution is 1.72. The molecule has 0 amide bonds. The molecule has 0 fully saturated rings. The van der Waals surface area contributed by atoms with Crippen LogP contribution in [-0.2, 0) is 0 Å². The Morgan fingerprint density at radius 2 is 1.87 bits per heavy atom. The Morgan fingerprint density at radius 3 is 2.07 bits per heavy atom. The van der Waals surface area contributed by atoms with Crippen molar-refractivity contribution in [3.8, 4) is 0 Å². The number of nitrogens with one attached hydrogen (secondary N) is 2. The van der Waals surface area contributed by atoms with Crippen LogP contribution in [0.2, 0.25) is 0 Å². The number of rotatable bonds is 0. The molecule has 3 rings (SSSR count). The van der Waals surface area contributed by atoms with E-state index in [0.717, 1.165) is 0 Å². The minimum Gasteiger partial charge on any atom is -0.351 e. The van der Waals surface area contributed by atoms with Crippen LogP contribution in [0.5, 0.6) is 0 Å². The first kappa shape index (κ1) is 10.8. The van der Waals surface area contributed by atoms with Gasteiger partial charge in [-0.2, -0.15) is 0 Å². The summed E-state index contributed by atoms with van der Waals surface area (Å²) in [5, 5.41) is 9.26. The number of imidazole rings is 1. The zero-order chi connectivity index (χ0) is 10.6. The second kappa shape index (κ2) is 8.30. The zero-order valence-electron chi connectivity index (χ0n) is 7.98. The number of aromatic amines is 2. The van der Waals surface area contributed by atoms with Gasteiger partial charge in [0.05, 0.1) is 12.5 Å². The van der Waals surface area contributed by atoms with Gasteiger partial charge in [-0.3, -0.25) is 15.1 Å². The summed E-state index contributed by atoms with van der Waals surface area (Å²) in [5.41, 5.74) is 0. The van der Waals surface area contributed by atoms with Crippen molar-refractivity contribution in [3.05, 3.63) is 31.1 Å². The van der Waals surface area contributed by atoms with Crippen LogP contribution in [0.1, 0.15) is 0 Å². The van der Waals surface area contributed by atoms with Gasteiger partial charge in [0, 0.05) is 31.0 Å². The van der Waals surface area contributed by atoms with Gasteiger partial charge in [0.15, 0.2) is 0 Å². The van der Waals surface area contributed by atoms with Crippen molar-refractivity contribution in [1.29, 1.82) is 0 Å². The lowest BCUT2D eigenvalue weighted by atomic mass is 10.9. The monoisotopic (exact) mass is 205 g/mol. The summed E-state index contributed by atoms with van der Waals surface area (Å²) in [5.74, 6) is 0. The van der Waals surface area contributed by atoms with Crippen LogP contribution in [0.3, 0.4) is 0 Å². The van der Waals surface area contributed by atoms with Gasteiger partial charge in [-0.05, 0) is 0 Å². The molecule has 0 unspecified atom stereocenters. The predicted molar refractivity (Wildman–Crippen MR) is 56.8 cm³/mol. The highest BCUT2D eigenvalue weighted by molar-refractivity contribution is 6.17. The van der Waals surface area contributed by atoms with Crippen LogP contribution in [0, 0.1) is 0 Å². The first-order valence-electron chi connectivity index (χ1n) is 4.21. The van der Waals surface area contributed by atoms with Crippen LogP contribution >= 0.6 is 0 Å². The number of nitrogens with zero attached hydrogens (tertiary/aromatic N) is 5. The molecule has 1 aliphatic heterocycles. The molecule has 0 bridgehead atoms. The van der Waals surface area contributed by atoms with Crippen LogP contribution in [0.25, 0.3) is 0 Å². The summed E-state index contributed by atoms with van der Waals surface area (Å²) in [6, 6.07) is 0.